The van der Waals surface area contributed by atoms with Gasteiger partial charge in [0, 0.05) is 0 Å². The zero-order valence-corrected chi connectivity index (χ0v) is 11.8. The zero-order chi connectivity index (χ0) is 13.5. The molecule has 0 spiro atoms. The normalized spacial score (nSPS) is 18.8. The third-order valence-corrected chi connectivity index (χ3v) is 3.84. The van der Waals surface area contributed by atoms with E-state index in [4.69, 9.17) is 15.2 Å². The van der Waals surface area contributed by atoms with E-state index >= 15 is 0 Å². The fraction of sp³-hybridized carbons (Fsp3) is 0.625. The van der Waals surface area contributed by atoms with Crippen LogP contribution in [0.3, 0.4) is 0 Å². The molecule has 1 atom stereocenters. The van der Waals surface area contributed by atoms with Crippen LogP contribution in [0.4, 0.5) is 0 Å². The molecular weight excluding hydrogens is 238 g/mol. The number of methoxy groups -OCH3 is 1. The van der Waals surface area contributed by atoms with Crippen LogP contribution < -0.4 is 10.5 Å². The van der Waals surface area contributed by atoms with Gasteiger partial charge < -0.3 is 15.2 Å². The first kappa shape index (κ1) is 14.4. The van der Waals surface area contributed by atoms with Gasteiger partial charge in [-0.3, -0.25) is 0 Å². The first-order valence-electron chi connectivity index (χ1n) is 7.30. The van der Waals surface area contributed by atoms with Crippen molar-refractivity contribution < 1.29 is 9.47 Å². The third-order valence-electron chi connectivity index (χ3n) is 3.84. The van der Waals surface area contributed by atoms with E-state index in [1.54, 1.807) is 7.11 Å². The monoisotopic (exact) mass is 263 g/mol. The van der Waals surface area contributed by atoms with Crippen molar-refractivity contribution in [2.24, 2.45) is 5.73 Å². The van der Waals surface area contributed by atoms with Crippen molar-refractivity contribution in [2.45, 2.75) is 50.7 Å². The Hall–Kier alpha value is -1.06. The maximum absolute atomic E-state index is 6.19. The molecule has 3 nitrogen and oxygen atoms in total. The average molecular weight is 263 g/mol. The predicted octanol–water partition coefficient (Wildman–Crippen LogP) is 3.43. The van der Waals surface area contributed by atoms with Crippen LogP contribution in [-0.2, 0) is 4.74 Å². The Kier molecular flexibility index (Phi) is 5.67. The number of benzene rings is 1. The fourth-order valence-corrected chi connectivity index (χ4v) is 2.62. The van der Waals surface area contributed by atoms with Crippen LogP contribution in [0, 0.1) is 0 Å². The van der Waals surface area contributed by atoms with Crippen molar-refractivity contribution in [1.29, 1.82) is 0 Å². The van der Waals surface area contributed by atoms with Gasteiger partial charge in [-0.05, 0) is 30.5 Å². The highest BCUT2D eigenvalue weighted by Gasteiger charge is 2.15. The Labute approximate surface area is 116 Å². The summed E-state index contributed by atoms with van der Waals surface area (Å²) in [5.74, 6) is 0.849. The summed E-state index contributed by atoms with van der Waals surface area (Å²) in [6.07, 6.45) is 8.05. The van der Waals surface area contributed by atoms with Gasteiger partial charge in [0.25, 0.3) is 0 Å². The number of rotatable bonds is 5. The van der Waals surface area contributed by atoms with E-state index < -0.39 is 0 Å². The molecule has 0 saturated heterocycles. The molecule has 2 N–H and O–H groups in total. The van der Waals surface area contributed by atoms with Crippen LogP contribution in [-0.4, -0.2) is 19.8 Å². The van der Waals surface area contributed by atoms with Gasteiger partial charge in [-0.1, -0.05) is 37.8 Å². The molecule has 0 bridgehead atoms. The minimum Gasteiger partial charge on any atom is -0.497 e. The van der Waals surface area contributed by atoms with Crippen LogP contribution in [0.2, 0.25) is 0 Å². The van der Waals surface area contributed by atoms with E-state index in [-0.39, 0.29) is 6.04 Å². The van der Waals surface area contributed by atoms with E-state index in [2.05, 4.69) is 0 Å². The SMILES string of the molecule is COc1cccc(C(N)COC2CCCCCC2)c1. The average Bonchev–Trinajstić information content (AvgIpc) is 2.73. The Balaban J connectivity index is 1.84. The molecule has 1 aromatic carbocycles. The van der Waals surface area contributed by atoms with Gasteiger partial charge in [-0.25, -0.2) is 0 Å². The summed E-state index contributed by atoms with van der Waals surface area (Å²) in [4.78, 5) is 0. The largest absolute Gasteiger partial charge is 0.497 e. The van der Waals surface area contributed by atoms with Crippen molar-refractivity contribution in [3.05, 3.63) is 29.8 Å². The predicted molar refractivity (Wildman–Crippen MR) is 77.4 cm³/mol. The van der Waals surface area contributed by atoms with Crippen LogP contribution in [0.25, 0.3) is 0 Å². The Morgan fingerprint density at radius 1 is 1.21 bits per heavy atom. The molecule has 106 valence electrons. The molecule has 1 saturated carbocycles. The number of nitrogens with two attached hydrogens (primary N) is 1. The number of hydrogen-bond acceptors (Lipinski definition) is 3. The summed E-state index contributed by atoms with van der Waals surface area (Å²) in [6, 6.07) is 7.85. The summed E-state index contributed by atoms with van der Waals surface area (Å²) in [5.41, 5.74) is 7.27. The standard InChI is InChI=1S/C16H25NO2/c1-18-15-10-6-7-13(11-15)16(17)12-19-14-8-4-2-3-5-9-14/h6-7,10-11,14,16H,2-5,8-9,12,17H2,1H3. The van der Waals surface area contributed by atoms with Gasteiger partial charge in [-0.2, -0.15) is 0 Å². The molecule has 3 heteroatoms. The van der Waals surface area contributed by atoms with Crippen molar-refractivity contribution in [3.63, 3.8) is 0 Å². The molecule has 2 rings (SSSR count). The highest BCUT2D eigenvalue weighted by atomic mass is 16.5. The highest BCUT2D eigenvalue weighted by Crippen LogP contribution is 2.22. The molecule has 1 aromatic rings. The molecular formula is C16H25NO2. The van der Waals surface area contributed by atoms with Gasteiger partial charge in [0.1, 0.15) is 5.75 Å². The summed E-state index contributed by atoms with van der Waals surface area (Å²) < 4.78 is 11.2. The zero-order valence-electron chi connectivity index (χ0n) is 11.8. The van der Waals surface area contributed by atoms with E-state index in [0.717, 1.165) is 11.3 Å². The van der Waals surface area contributed by atoms with Crippen molar-refractivity contribution >= 4 is 0 Å². The molecule has 1 unspecified atom stereocenters. The van der Waals surface area contributed by atoms with E-state index in [1.807, 2.05) is 24.3 Å². The second-order valence-corrected chi connectivity index (χ2v) is 5.33. The first-order chi connectivity index (χ1) is 9.29. The molecule has 0 amide bonds. The van der Waals surface area contributed by atoms with Gasteiger partial charge in [-0.15, -0.1) is 0 Å². The fourth-order valence-electron chi connectivity index (χ4n) is 2.62. The quantitative estimate of drug-likeness (QED) is 0.828. The van der Waals surface area contributed by atoms with E-state index in [9.17, 15) is 0 Å². The van der Waals surface area contributed by atoms with Crippen LogP contribution in [0.15, 0.2) is 24.3 Å². The van der Waals surface area contributed by atoms with Crippen LogP contribution in [0.1, 0.15) is 50.1 Å². The lowest BCUT2D eigenvalue weighted by atomic mass is 10.1. The van der Waals surface area contributed by atoms with E-state index in [1.165, 1.54) is 38.5 Å². The van der Waals surface area contributed by atoms with Crippen molar-refractivity contribution in [2.75, 3.05) is 13.7 Å². The van der Waals surface area contributed by atoms with Crippen molar-refractivity contribution in [3.8, 4) is 5.75 Å². The second kappa shape index (κ2) is 7.51. The lowest BCUT2D eigenvalue weighted by molar-refractivity contribution is 0.0345. The molecule has 0 radical (unpaired) electrons. The van der Waals surface area contributed by atoms with Gasteiger partial charge >= 0.3 is 0 Å². The molecule has 19 heavy (non-hydrogen) atoms. The molecule has 0 aromatic heterocycles. The van der Waals surface area contributed by atoms with Crippen LogP contribution >= 0.6 is 0 Å². The Morgan fingerprint density at radius 3 is 2.63 bits per heavy atom. The maximum atomic E-state index is 6.19. The van der Waals surface area contributed by atoms with Crippen molar-refractivity contribution in [1.82, 2.24) is 0 Å². The minimum absolute atomic E-state index is 0.0710. The Bertz CT molecular complexity index is 373. The van der Waals surface area contributed by atoms with Crippen LogP contribution in [0.5, 0.6) is 5.75 Å². The second-order valence-electron chi connectivity index (χ2n) is 5.33. The minimum atomic E-state index is -0.0710. The third kappa shape index (κ3) is 4.51. The van der Waals surface area contributed by atoms with E-state index in [0.29, 0.717) is 12.7 Å². The number of ether oxygens (including phenoxy) is 2. The van der Waals surface area contributed by atoms with Gasteiger partial charge in [0.15, 0.2) is 0 Å². The van der Waals surface area contributed by atoms with Gasteiger partial charge in [0.2, 0.25) is 0 Å². The summed E-state index contributed by atoms with van der Waals surface area (Å²) in [5, 5.41) is 0. The molecule has 1 aliphatic rings. The van der Waals surface area contributed by atoms with Gasteiger partial charge in [0.05, 0.1) is 25.9 Å². The molecule has 0 heterocycles. The topological polar surface area (TPSA) is 44.5 Å². The molecule has 1 aliphatic carbocycles. The summed E-state index contributed by atoms with van der Waals surface area (Å²) in [7, 11) is 1.67. The first-order valence-corrected chi connectivity index (χ1v) is 7.30. The lowest BCUT2D eigenvalue weighted by Gasteiger charge is -2.19. The molecule has 0 aliphatic heterocycles. The summed E-state index contributed by atoms with van der Waals surface area (Å²) in [6.45, 7) is 0.595. The lowest BCUT2D eigenvalue weighted by Crippen LogP contribution is -2.22. The summed E-state index contributed by atoms with van der Waals surface area (Å²) >= 11 is 0. The highest BCUT2D eigenvalue weighted by molar-refractivity contribution is 5.30. The molecule has 1 fully saturated rings. The maximum Gasteiger partial charge on any atom is 0.119 e. The Morgan fingerprint density at radius 2 is 1.95 bits per heavy atom. The number of hydrogen-bond donors (Lipinski definition) is 1. The smallest absolute Gasteiger partial charge is 0.119 e.